The van der Waals surface area contributed by atoms with E-state index < -0.39 is 8.07 Å². The smallest absolute Gasteiger partial charge is 0.129 e. The van der Waals surface area contributed by atoms with Gasteiger partial charge in [-0.2, -0.15) is 0 Å². The standard InChI is InChI=1S/C18H22F2NSi/c1-21(2)11-13-22(14-12-21,17-7-3-15(19)4-8-17)18-9-5-16(20)6-10-18/h3-10H,11-14H2,1-2H3/q+1. The number of benzene rings is 2. The zero-order chi connectivity index (χ0) is 15.8. The third-order valence-corrected chi connectivity index (χ3v) is 10.1. The summed E-state index contributed by atoms with van der Waals surface area (Å²) in [6.45, 7) is 2.22. The summed E-state index contributed by atoms with van der Waals surface area (Å²) in [6.07, 6.45) is 0. The number of halogens is 2. The van der Waals surface area contributed by atoms with E-state index in [-0.39, 0.29) is 11.6 Å². The van der Waals surface area contributed by atoms with Crippen LogP contribution < -0.4 is 10.4 Å². The number of hydrogen-bond donors (Lipinski definition) is 0. The third-order valence-electron chi connectivity index (χ3n) is 5.08. The van der Waals surface area contributed by atoms with Gasteiger partial charge in [-0.15, -0.1) is 0 Å². The maximum absolute atomic E-state index is 13.3. The molecule has 3 rings (SSSR count). The maximum Gasteiger partial charge on any atom is 0.129 e. The minimum absolute atomic E-state index is 0.195. The predicted octanol–water partition coefficient (Wildman–Crippen LogP) is 2.62. The Morgan fingerprint density at radius 2 is 1.09 bits per heavy atom. The lowest BCUT2D eigenvalue weighted by Crippen LogP contribution is -2.65. The van der Waals surface area contributed by atoms with Crippen LogP contribution in [0.1, 0.15) is 0 Å². The van der Waals surface area contributed by atoms with Crippen LogP contribution in [0.2, 0.25) is 12.1 Å². The Labute approximate surface area is 131 Å². The molecule has 1 nitrogen and oxygen atoms in total. The van der Waals surface area contributed by atoms with Crippen molar-refractivity contribution in [1.29, 1.82) is 0 Å². The first-order valence-corrected chi connectivity index (χ1v) is 10.2. The number of quaternary nitrogens is 1. The Balaban J connectivity index is 2.06. The van der Waals surface area contributed by atoms with Gasteiger partial charge in [-0.3, -0.25) is 0 Å². The fourth-order valence-corrected chi connectivity index (χ4v) is 8.83. The van der Waals surface area contributed by atoms with Crippen LogP contribution in [0, 0.1) is 11.6 Å². The van der Waals surface area contributed by atoms with Gasteiger partial charge >= 0.3 is 0 Å². The van der Waals surface area contributed by atoms with E-state index in [0.717, 1.165) is 29.7 Å². The first-order chi connectivity index (χ1) is 10.4. The molecule has 0 radical (unpaired) electrons. The van der Waals surface area contributed by atoms with Crippen molar-refractivity contribution in [1.82, 2.24) is 0 Å². The van der Waals surface area contributed by atoms with Gasteiger partial charge in [0.25, 0.3) is 0 Å². The van der Waals surface area contributed by atoms with Crippen molar-refractivity contribution >= 4 is 18.4 Å². The molecule has 0 atom stereocenters. The summed E-state index contributed by atoms with van der Waals surface area (Å²) < 4.78 is 27.7. The predicted molar refractivity (Wildman–Crippen MR) is 89.3 cm³/mol. The third kappa shape index (κ3) is 2.85. The fourth-order valence-electron chi connectivity index (χ4n) is 3.51. The van der Waals surface area contributed by atoms with Crippen LogP contribution >= 0.6 is 0 Å². The average Bonchev–Trinajstić information content (AvgIpc) is 2.50. The van der Waals surface area contributed by atoms with Crippen molar-refractivity contribution in [3.63, 3.8) is 0 Å². The molecule has 0 N–H and O–H groups in total. The molecule has 116 valence electrons. The number of nitrogens with zero attached hydrogens (tertiary/aromatic N) is 1. The summed E-state index contributed by atoms with van der Waals surface area (Å²) >= 11 is 0. The highest BCUT2D eigenvalue weighted by Crippen LogP contribution is 2.25. The van der Waals surface area contributed by atoms with Gasteiger partial charge in [-0.25, -0.2) is 8.78 Å². The Bertz CT molecular complexity index is 592. The van der Waals surface area contributed by atoms with Crippen molar-refractivity contribution in [3.8, 4) is 0 Å². The van der Waals surface area contributed by atoms with Crippen LogP contribution in [-0.4, -0.2) is 39.7 Å². The quantitative estimate of drug-likeness (QED) is 0.590. The maximum atomic E-state index is 13.3. The largest absolute Gasteiger partial charge is 0.329 e. The van der Waals surface area contributed by atoms with E-state index in [2.05, 4.69) is 14.1 Å². The topological polar surface area (TPSA) is 0 Å². The van der Waals surface area contributed by atoms with Gasteiger partial charge in [0.2, 0.25) is 0 Å². The van der Waals surface area contributed by atoms with E-state index in [0.29, 0.717) is 0 Å². The number of rotatable bonds is 2. The van der Waals surface area contributed by atoms with Gasteiger partial charge in [0.05, 0.1) is 27.2 Å². The fraction of sp³-hybridized carbons (Fsp3) is 0.333. The molecular weight excluding hydrogens is 296 g/mol. The van der Waals surface area contributed by atoms with Crippen molar-refractivity contribution in [3.05, 3.63) is 60.2 Å². The monoisotopic (exact) mass is 318 g/mol. The van der Waals surface area contributed by atoms with Gasteiger partial charge in [0.1, 0.15) is 19.7 Å². The van der Waals surface area contributed by atoms with Crippen LogP contribution in [0.4, 0.5) is 8.78 Å². The normalized spacial score (nSPS) is 19.8. The zero-order valence-electron chi connectivity index (χ0n) is 13.2. The lowest BCUT2D eigenvalue weighted by atomic mass is 10.3. The van der Waals surface area contributed by atoms with E-state index in [1.54, 1.807) is 24.3 Å². The molecule has 1 aliphatic heterocycles. The Hall–Kier alpha value is -1.52. The molecule has 0 unspecified atom stereocenters. The van der Waals surface area contributed by atoms with Crippen LogP contribution in [-0.2, 0) is 0 Å². The highest BCUT2D eigenvalue weighted by Gasteiger charge is 2.43. The summed E-state index contributed by atoms with van der Waals surface area (Å²) in [4.78, 5) is 0. The summed E-state index contributed by atoms with van der Waals surface area (Å²) in [5, 5.41) is 2.53. The SMILES string of the molecule is C[N+]1(C)CC[Si](c2ccc(F)cc2)(c2ccc(F)cc2)CC1. The Morgan fingerprint density at radius 1 is 0.727 bits per heavy atom. The van der Waals surface area contributed by atoms with Gasteiger partial charge in [-0.05, 0) is 24.3 Å². The molecule has 4 heteroatoms. The second-order valence-electron chi connectivity index (χ2n) is 6.98. The van der Waals surface area contributed by atoms with Gasteiger partial charge in [-0.1, -0.05) is 34.6 Å². The molecule has 0 saturated carbocycles. The molecule has 2 aromatic rings. The Kier molecular flexibility index (Phi) is 3.91. The molecule has 0 aromatic heterocycles. The van der Waals surface area contributed by atoms with E-state index in [1.807, 2.05) is 24.3 Å². The van der Waals surface area contributed by atoms with Crippen LogP contribution in [0.3, 0.4) is 0 Å². The molecule has 0 spiro atoms. The summed E-state index contributed by atoms with van der Waals surface area (Å²) in [5.41, 5.74) is 0. The van der Waals surface area contributed by atoms with Gasteiger partial charge < -0.3 is 4.48 Å². The van der Waals surface area contributed by atoms with E-state index in [1.165, 1.54) is 10.4 Å². The lowest BCUT2D eigenvalue weighted by Gasteiger charge is -2.44. The van der Waals surface area contributed by atoms with Crippen LogP contribution in [0.5, 0.6) is 0 Å². The molecule has 1 heterocycles. The summed E-state index contributed by atoms with van der Waals surface area (Å²) in [7, 11) is 2.60. The molecule has 0 amide bonds. The van der Waals surface area contributed by atoms with Crippen LogP contribution in [0.15, 0.2) is 48.5 Å². The Morgan fingerprint density at radius 3 is 1.45 bits per heavy atom. The number of hydrogen-bond acceptors (Lipinski definition) is 0. The molecule has 0 aliphatic carbocycles. The highest BCUT2D eigenvalue weighted by atomic mass is 28.3. The van der Waals surface area contributed by atoms with Gasteiger partial charge in [0.15, 0.2) is 0 Å². The van der Waals surface area contributed by atoms with E-state index in [4.69, 9.17) is 0 Å². The molecule has 22 heavy (non-hydrogen) atoms. The zero-order valence-corrected chi connectivity index (χ0v) is 14.2. The molecule has 2 aromatic carbocycles. The highest BCUT2D eigenvalue weighted by molar-refractivity contribution is 7.02. The van der Waals surface area contributed by atoms with Crippen molar-refractivity contribution in [2.75, 3.05) is 27.2 Å². The first-order valence-electron chi connectivity index (χ1n) is 7.75. The lowest BCUT2D eigenvalue weighted by molar-refractivity contribution is -0.888. The van der Waals surface area contributed by atoms with Crippen molar-refractivity contribution in [2.24, 2.45) is 0 Å². The second kappa shape index (κ2) is 5.59. The minimum atomic E-state index is -1.92. The molecule has 1 saturated heterocycles. The average molecular weight is 318 g/mol. The molecule has 1 aliphatic rings. The molecule has 0 bridgehead atoms. The molecule has 1 fully saturated rings. The van der Waals surface area contributed by atoms with Crippen LogP contribution in [0.25, 0.3) is 0 Å². The van der Waals surface area contributed by atoms with E-state index >= 15 is 0 Å². The first kappa shape index (κ1) is 15.4. The summed E-state index contributed by atoms with van der Waals surface area (Å²) in [6, 6.07) is 16.2. The van der Waals surface area contributed by atoms with Crippen molar-refractivity contribution in [2.45, 2.75) is 12.1 Å². The second-order valence-corrected chi connectivity index (χ2v) is 11.3. The van der Waals surface area contributed by atoms with Crippen molar-refractivity contribution < 1.29 is 13.3 Å². The molecular formula is C18H22F2NSi+. The minimum Gasteiger partial charge on any atom is -0.329 e. The van der Waals surface area contributed by atoms with Gasteiger partial charge in [0, 0.05) is 12.1 Å². The summed E-state index contributed by atoms with van der Waals surface area (Å²) in [5.74, 6) is -0.391. The van der Waals surface area contributed by atoms with E-state index in [9.17, 15) is 8.78 Å².